The number of aromatic nitrogens is 3. The third kappa shape index (κ3) is 2.03. The maximum Gasteiger partial charge on any atom is 0.178 e. The summed E-state index contributed by atoms with van der Waals surface area (Å²) in [5.41, 5.74) is 6.03. The van der Waals surface area contributed by atoms with Crippen LogP contribution in [0.15, 0.2) is 35.6 Å². The summed E-state index contributed by atoms with van der Waals surface area (Å²) in [6, 6.07) is 3.33. The number of sulfone groups is 1. The SMILES string of the molecule is CS(=O)(=O)c1cnn(-c2ccc(N)cn2)c1. The third-order valence-electron chi connectivity index (χ3n) is 1.99. The molecule has 0 fully saturated rings. The molecular weight excluding hydrogens is 228 g/mol. The van der Waals surface area contributed by atoms with Gasteiger partial charge in [0.2, 0.25) is 0 Å². The number of nitrogens with two attached hydrogens (primary N) is 1. The predicted molar refractivity (Wildman–Crippen MR) is 58.9 cm³/mol. The molecule has 0 saturated heterocycles. The van der Waals surface area contributed by atoms with Crippen molar-refractivity contribution >= 4 is 15.5 Å². The molecule has 2 rings (SSSR count). The molecule has 0 saturated carbocycles. The number of hydrogen-bond donors (Lipinski definition) is 1. The first-order valence-electron chi connectivity index (χ1n) is 4.43. The van der Waals surface area contributed by atoms with E-state index in [-0.39, 0.29) is 4.90 Å². The van der Waals surface area contributed by atoms with Gasteiger partial charge in [0.25, 0.3) is 0 Å². The van der Waals surface area contributed by atoms with Crippen molar-refractivity contribution in [1.82, 2.24) is 14.8 Å². The molecule has 2 aromatic rings. The molecule has 16 heavy (non-hydrogen) atoms. The lowest BCUT2D eigenvalue weighted by Crippen LogP contribution is -1.99. The zero-order chi connectivity index (χ0) is 11.8. The number of rotatable bonds is 2. The number of nitrogen functional groups attached to an aromatic ring is 1. The van der Waals surface area contributed by atoms with Gasteiger partial charge in [0.1, 0.15) is 4.90 Å². The molecule has 0 bridgehead atoms. The van der Waals surface area contributed by atoms with Crippen LogP contribution < -0.4 is 5.73 Å². The standard InChI is InChI=1S/C9H10N4O2S/c1-16(14,15)8-5-12-13(6-8)9-3-2-7(10)4-11-9/h2-6H,10H2,1H3. The highest BCUT2D eigenvalue weighted by Gasteiger charge is 2.10. The molecule has 0 unspecified atom stereocenters. The van der Waals surface area contributed by atoms with Gasteiger partial charge in [-0.1, -0.05) is 0 Å². The summed E-state index contributed by atoms with van der Waals surface area (Å²) >= 11 is 0. The summed E-state index contributed by atoms with van der Waals surface area (Å²) in [4.78, 5) is 4.18. The zero-order valence-electron chi connectivity index (χ0n) is 8.53. The van der Waals surface area contributed by atoms with E-state index in [1.54, 1.807) is 12.1 Å². The first-order valence-corrected chi connectivity index (χ1v) is 6.32. The van der Waals surface area contributed by atoms with Gasteiger partial charge in [-0.15, -0.1) is 0 Å². The van der Waals surface area contributed by atoms with Crippen LogP contribution in [0.2, 0.25) is 0 Å². The van der Waals surface area contributed by atoms with Crippen LogP contribution >= 0.6 is 0 Å². The monoisotopic (exact) mass is 238 g/mol. The highest BCUT2D eigenvalue weighted by atomic mass is 32.2. The van der Waals surface area contributed by atoms with Crippen LogP contribution in [0.3, 0.4) is 0 Å². The van der Waals surface area contributed by atoms with Crippen molar-refractivity contribution in [3.63, 3.8) is 0 Å². The van der Waals surface area contributed by atoms with E-state index in [9.17, 15) is 8.42 Å². The predicted octanol–water partition coefficient (Wildman–Crippen LogP) is 0.253. The van der Waals surface area contributed by atoms with E-state index in [2.05, 4.69) is 10.1 Å². The van der Waals surface area contributed by atoms with Gasteiger partial charge in [-0.2, -0.15) is 5.10 Å². The molecule has 84 valence electrons. The van der Waals surface area contributed by atoms with Gasteiger partial charge in [0.15, 0.2) is 15.7 Å². The van der Waals surface area contributed by atoms with Gasteiger partial charge in [-0.05, 0) is 12.1 Å². The summed E-state index contributed by atoms with van der Waals surface area (Å²) < 4.78 is 23.9. The van der Waals surface area contributed by atoms with Crippen LogP contribution in [-0.2, 0) is 9.84 Å². The topological polar surface area (TPSA) is 90.9 Å². The Labute approximate surface area is 92.6 Å². The van der Waals surface area contributed by atoms with Crippen molar-refractivity contribution in [3.05, 3.63) is 30.7 Å². The van der Waals surface area contributed by atoms with E-state index < -0.39 is 9.84 Å². The second kappa shape index (κ2) is 3.60. The van der Waals surface area contributed by atoms with E-state index >= 15 is 0 Å². The van der Waals surface area contributed by atoms with E-state index in [0.717, 1.165) is 6.26 Å². The Morgan fingerprint density at radius 1 is 1.31 bits per heavy atom. The maximum absolute atomic E-state index is 11.2. The zero-order valence-corrected chi connectivity index (χ0v) is 9.35. The van der Waals surface area contributed by atoms with Crippen molar-refractivity contribution in [2.24, 2.45) is 0 Å². The van der Waals surface area contributed by atoms with Crippen LogP contribution in [-0.4, -0.2) is 29.4 Å². The molecule has 2 aromatic heterocycles. The lowest BCUT2D eigenvalue weighted by molar-refractivity contribution is 0.602. The lowest BCUT2D eigenvalue weighted by Gasteiger charge is -1.99. The van der Waals surface area contributed by atoms with Crippen LogP contribution in [0.25, 0.3) is 5.82 Å². The van der Waals surface area contributed by atoms with E-state index in [1.807, 2.05) is 0 Å². The summed E-state index contributed by atoms with van der Waals surface area (Å²) in [6.07, 6.45) is 5.31. The first-order chi connectivity index (χ1) is 7.47. The summed E-state index contributed by atoms with van der Waals surface area (Å²) in [5.74, 6) is 0.518. The minimum Gasteiger partial charge on any atom is -0.397 e. The molecule has 7 heteroatoms. The molecule has 0 aromatic carbocycles. The molecule has 2 heterocycles. The lowest BCUT2D eigenvalue weighted by atomic mass is 10.4. The van der Waals surface area contributed by atoms with Crippen LogP contribution in [0, 0.1) is 0 Å². The van der Waals surface area contributed by atoms with E-state index in [4.69, 9.17) is 5.73 Å². The Balaban J connectivity index is 2.43. The van der Waals surface area contributed by atoms with Crippen molar-refractivity contribution in [2.45, 2.75) is 4.90 Å². The van der Waals surface area contributed by atoms with Gasteiger partial charge in [-0.3, -0.25) is 0 Å². The molecule has 0 spiro atoms. The van der Waals surface area contributed by atoms with Gasteiger partial charge in [-0.25, -0.2) is 18.1 Å². The molecule has 0 aliphatic rings. The quantitative estimate of drug-likeness (QED) is 0.810. The number of pyridine rings is 1. The van der Waals surface area contributed by atoms with E-state index in [0.29, 0.717) is 11.5 Å². The first kappa shape index (κ1) is 10.6. The Morgan fingerprint density at radius 2 is 2.06 bits per heavy atom. The van der Waals surface area contributed by atoms with Crippen molar-refractivity contribution < 1.29 is 8.42 Å². The second-order valence-electron chi connectivity index (χ2n) is 3.34. The molecule has 0 atom stereocenters. The third-order valence-corrected chi connectivity index (χ3v) is 3.06. The summed E-state index contributed by atoms with van der Waals surface area (Å²) in [7, 11) is -3.23. The second-order valence-corrected chi connectivity index (χ2v) is 5.36. The normalized spacial score (nSPS) is 11.6. The fourth-order valence-corrected chi connectivity index (χ4v) is 1.69. The fraction of sp³-hybridized carbons (Fsp3) is 0.111. The van der Waals surface area contributed by atoms with Gasteiger partial charge in [0, 0.05) is 6.26 Å². The number of anilines is 1. The largest absolute Gasteiger partial charge is 0.397 e. The smallest absolute Gasteiger partial charge is 0.178 e. The molecular formula is C9H10N4O2S. The minimum atomic E-state index is -3.23. The highest BCUT2D eigenvalue weighted by Crippen LogP contribution is 2.11. The molecule has 0 radical (unpaired) electrons. The van der Waals surface area contributed by atoms with Crippen LogP contribution in [0.1, 0.15) is 0 Å². The Morgan fingerprint density at radius 3 is 2.56 bits per heavy atom. The van der Waals surface area contributed by atoms with Gasteiger partial charge < -0.3 is 5.73 Å². The Kier molecular flexibility index (Phi) is 2.39. The molecule has 0 aliphatic heterocycles. The minimum absolute atomic E-state index is 0.158. The Hall–Kier alpha value is -1.89. The van der Waals surface area contributed by atoms with Crippen molar-refractivity contribution in [3.8, 4) is 5.82 Å². The summed E-state index contributed by atoms with van der Waals surface area (Å²) in [6.45, 7) is 0. The highest BCUT2D eigenvalue weighted by molar-refractivity contribution is 7.90. The molecule has 6 nitrogen and oxygen atoms in total. The molecule has 0 amide bonds. The molecule has 0 aliphatic carbocycles. The average Bonchev–Trinajstić information content (AvgIpc) is 2.67. The van der Waals surface area contributed by atoms with Gasteiger partial charge >= 0.3 is 0 Å². The van der Waals surface area contributed by atoms with Crippen molar-refractivity contribution in [2.75, 3.05) is 12.0 Å². The number of hydrogen-bond acceptors (Lipinski definition) is 5. The summed E-state index contributed by atoms with van der Waals surface area (Å²) in [5, 5.41) is 3.92. The van der Waals surface area contributed by atoms with Gasteiger partial charge in [0.05, 0.1) is 24.3 Å². The molecule has 2 N–H and O–H groups in total. The Bertz CT molecular complexity index is 601. The fourth-order valence-electron chi connectivity index (χ4n) is 1.16. The van der Waals surface area contributed by atoms with E-state index in [1.165, 1.54) is 23.3 Å². The average molecular weight is 238 g/mol. The maximum atomic E-state index is 11.2. The van der Waals surface area contributed by atoms with Crippen LogP contribution in [0.5, 0.6) is 0 Å². The van der Waals surface area contributed by atoms with Crippen LogP contribution in [0.4, 0.5) is 5.69 Å². The number of nitrogens with zero attached hydrogens (tertiary/aromatic N) is 3. The van der Waals surface area contributed by atoms with Crippen molar-refractivity contribution in [1.29, 1.82) is 0 Å².